The number of piperazine rings is 1. The molecule has 1 rings (SSSR count). The van der Waals surface area contributed by atoms with Crippen molar-refractivity contribution in [3.8, 4) is 0 Å². The van der Waals surface area contributed by atoms with Crippen LogP contribution in [0.15, 0.2) is 0 Å². The Bertz CT molecular complexity index is 226. The van der Waals surface area contributed by atoms with Gasteiger partial charge >= 0.3 is 0 Å². The summed E-state index contributed by atoms with van der Waals surface area (Å²) in [6, 6.07) is 0. The standard InChI is InChI=1S/C12H24N2O3/c1-3-8-17-10-12(16)14-6-4-13(5-7-14)9-11(2)15/h11,15H,3-10H2,1-2H3. The van der Waals surface area contributed by atoms with Crippen LogP contribution in [-0.4, -0.2) is 72.9 Å². The topological polar surface area (TPSA) is 53.0 Å². The number of hydrogen-bond acceptors (Lipinski definition) is 4. The number of β-amino-alcohol motifs (C(OH)–C–C–N with tert-alkyl or cyclic N) is 1. The number of rotatable bonds is 6. The molecule has 0 saturated carbocycles. The minimum absolute atomic E-state index is 0.0788. The van der Waals surface area contributed by atoms with Gasteiger partial charge in [0.2, 0.25) is 5.91 Å². The van der Waals surface area contributed by atoms with Crippen molar-refractivity contribution in [2.24, 2.45) is 0 Å². The summed E-state index contributed by atoms with van der Waals surface area (Å²) in [5, 5.41) is 9.28. The Kier molecular flexibility index (Phi) is 6.47. The third-order valence-electron chi connectivity index (χ3n) is 2.82. The zero-order chi connectivity index (χ0) is 12.7. The van der Waals surface area contributed by atoms with Crippen LogP contribution < -0.4 is 0 Å². The van der Waals surface area contributed by atoms with Gasteiger partial charge in [-0.2, -0.15) is 0 Å². The molecule has 1 N–H and O–H groups in total. The molecule has 0 aromatic rings. The fourth-order valence-corrected chi connectivity index (χ4v) is 1.95. The zero-order valence-electron chi connectivity index (χ0n) is 10.9. The van der Waals surface area contributed by atoms with Gasteiger partial charge in [0.25, 0.3) is 0 Å². The van der Waals surface area contributed by atoms with E-state index in [0.717, 1.165) is 32.6 Å². The van der Waals surface area contributed by atoms with Gasteiger partial charge < -0.3 is 14.7 Å². The first kappa shape index (κ1) is 14.4. The molecule has 0 aromatic heterocycles. The summed E-state index contributed by atoms with van der Waals surface area (Å²) in [7, 11) is 0. The van der Waals surface area contributed by atoms with Gasteiger partial charge in [-0.15, -0.1) is 0 Å². The van der Waals surface area contributed by atoms with E-state index in [0.29, 0.717) is 13.2 Å². The number of aliphatic hydroxyl groups excluding tert-OH is 1. The highest BCUT2D eigenvalue weighted by molar-refractivity contribution is 5.77. The van der Waals surface area contributed by atoms with Crippen molar-refractivity contribution >= 4 is 5.91 Å². The first-order valence-corrected chi connectivity index (χ1v) is 6.39. The molecule has 17 heavy (non-hydrogen) atoms. The quantitative estimate of drug-likeness (QED) is 0.665. The van der Waals surface area contributed by atoms with Crippen LogP contribution in [0.2, 0.25) is 0 Å². The van der Waals surface area contributed by atoms with Crippen molar-refractivity contribution < 1.29 is 14.6 Å². The Hall–Kier alpha value is -0.650. The lowest BCUT2D eigenvalue weighted by Gasteiger charge is -2.35. The third kappa shape index (κ3) is 5.48. The van der Waals surface area contributed by atoms with Gasteiger partial charge in [0.15, 0.2) is 0 Å². The highest BCUT2D eigenvalue weighted by Crippen LogP contribution is 2.03. The maximum Gasteiger partial charge on any atom is 0.248 e. The molecule has 1 fully saturated rings. The van der Waals surface area contributed by atoms with Crippen LogP contribution in [0.1, 0.15) is 20.3 Å². The van der Waals surface area contributed by atoms with Gasteiger partial charge in [0.1, 0.15) is 6.61 Å². The molecule has 0 spiro atoms. The van der Waals surface area contributed by atoms with E-state index in [-0.39, 0.29) is 18.6 Å². The number of hydrogen-bond donors (Lipinski definition) is 1. The molecule has 1 saturated heterocycles. The predicted octanol–water partition coefficient (Wildman–Crippen LogP) is -0.0620. The first-order chi connectivity index (χ1) is 8.13. The summed E-state index contributed by atoms with van der Waals surface area (Å²) in [6.07, 6.45) is 0.639. The second-order valence-corrected chi connectivity index (χ2v) is 4.58. The second-order valence-electron chi connectivity index (χ2n) is 4.58. The Balaban J connectivity index is 2.19. The van der Waals surface area contributed by atoms with E-state index >= 15 is 0 Å². The van der Waals surface area contributed by atoms with Crippen molar-refractivity contribution in [2.75, 3.05) is 45.9 Å². The Labute approximate surface area is 103 Å². The summed E-state index contributed by atoms with van der Waals surface area (Å²) in [5.41, 5.74) is 0. The number of aliphatic hydroxyl groups is 1. The number of amides is 1. The molecule has 1 aliphatic heterocycles. The molecule has 0 bridgehead atoms. The number of carbonyl (C=O) groups excluding carboxylic acids is 1. The van der Waals surface area contributed by atoms with Gasteiger partial charge in [-0.25, -0.2) is 0 Å². The molecule has 5 heteroatoms. The third-order valence-corrected chi connectivity index (χ3v) is 2.82. The van der Waals surface area contributed by atoms with Gasteiger partial charge in [-0.1, -0.05) is 6.92 Å². The van der Waals surface area contributed by atoms with Crippen LogP contribution in [0.4, 0.5) is 0 Å². The summed E-state index contributed by atoms with van der Waals surface area (Å²) in [5.74, 6) is 0.0788. The molecular formula is C12H24N2O3. The van der Waals surface area contributed by atoms with Crippen LogP contribution >= 0.6 is 0 Å². The van der Waals surface area contributed by atoms with E-state index in [9.17, 15) is 9.90 Å². The fourth-order valence-electron chi connectivity index (χ4n) is 1.95. The first-order valence-electron chi connectivity index (χ1n) is 6.39. The lowest BCUT2D eigenvalue weighted by Crippen LogP contribution is -2.51. The normalized spacial score (nSPS) is 19.4. The Morgan fingerprint density at radius 2 is 2.00 bits per heavy atom. The Morgan fingerprint density at radius 3 is 2.53 bits per heavy atom. The van der Waals surface area contributed by atoms with E-state index in [1.165, 1.54) is 0 Å². The van der Waals surface area contributed by atoms with Gasteiger partial charge in [-0.3, -0.25) is 9.69 Å². The molecule has 0 aromatic carbocycles. The lowest BCUT2D eigenvalue weighted by atomic mass is 10.2. The SMILES string of the molecule is CCCOCC(=O)N1CCN(CC(C)O)CC1. The maximum atomic E-state index is 11.7. The van der Waals surface area contributed by atoms with Crippen molar-refractivity contribution in [1.29, 1.82) is 0 Å². The molecule has 100 valence electrons. The van der Waals surface area contributed by atoms with E-state index < -0.39 is 0 Å². The van der Waals surface area contributed by atoms with E-state index in [1.807, 2.05) is 11.8 Å². The molecular weight excluding hydrogens is 220 g/mol. The summed E-state index contributed by atoms with van der Waals surface area (Å²) < 4.78 is 5.24. The average molecular weight is 244 g/mol. The van der Waals surface area contributed by atoms with Gasteiger partial charge in [-0.05, 0) is 13.3 Å². The second kappa shape index (κ2) is 7.63. The van der Waals surface area contributed by atoms with Gasteiger partial charge in [0.05, 0.1) is 6.10 Å². The lowest BCUT2D eigenvalue weighted by molar-refractivity contribution is -0.138. The fraction of sp³-hybridized carbons (Fsp3) is 0.917. The molecule has 0 aliphatic carbocycles. The number of carbonyl (C=O) groups is 1. The number of nitrogens with zero attached hydrogens (tertiary/aromatic N) is 2. The molecule has 0 radical (unpaired) electrons. The minimum Gasteiger partial charge on any atom is -0.392 e. The van der Waals surface area contributed by atoms with Crippen molar-refractivity contribution in [3.05, 3.63) is 0 Å². The summed E-state index contributed by atoms with van der Waals surface area (Å²) in [4.78, 5) is 15.8. The van der Waals surface area contributed by atoms with Crippen molar-refractivity contribution in [2.45, 2.75) is 26.4 Å². The summed E-state index contributed by atoms with van der Waals surface area (Å²) in [6.45, 7) is 8.50. The summed E-state index contributed by atoms with van der Waals surface area (Å²) >= 11 is 0. The molecule has 5 nitrogen and oxygen atoms in total. The average Bonchev–Trinajstić information content (AvgIpc) is 2.29. The highest BCUT2D eigenvalue weighted by Gasteiger charge is 2.21. The van der Waals surface area contributed by atoms with E-state index in [1.54, 1.807) is 6.92 Å². The zero-order valence-corrected chi connectivity index (χ0v) is 10.9. The minimum atomic E-state index is -0.301. The van der Waals surface area contributed by atoms with E-state index in [2.05, 4.69) is 4.90 Å². The largest absolute Gasteiger partial charge is 0.392 e. The van der Waals surface area contributed by atoms with Gasteiger partial charge in [0, 0.05) is 39.3 Å². The predicted molar refractivity (Wildman–Crippen MR) is 65.8 cm³/mol. The van der Waals surface area contributed by atoms with Crippen LogP contribution in [0.25, 0.3) is 0 Å². The van der Waals surface area contributed by atoms with Crippen LogP contribution in [0.3, 0.4) is 0 Å². The van der Waals surface area contributed by atoms with Crippen molar-refractivity contribution in [3.63, 3.8) is 0 Å². The van der Waals surface area contributed by atoms with Crippen LogP contribution in [-0.2, 0) is 9.53 Å². The molecule has 1 atom stereocenters. The monoisotopic (exact) mass is 244 g/mol. The molecule has 1 heterocycles. The van der Waals surface area contributed by atoms with Crippen molar-refractivity contribution in [1.82, 2.24) is 9.80 Å². The van der Waals surface area contributed by atoms with Crippen LogP contribution in [0, 0.1) is 0 Å². The maximum absolute atomic E-state index is 11.7. The molecule has 1 aliphatic rings. The molecule has 1 unspecified atom stereocenters. The smallest absolute Gasteiger partial charge is 0.248 e. The molecule has 1 amide bonds. The van der Waals surface area contributed by atoms with E-state index in [4.69, 9.17) is 4.74 Å². The van der Waals surface area contributed by atoms with Crippen LogP contribution in [0.5, 0.6) is 0 Å². The number of ether oxygens (including phenoxy) is 1. The Morgan fingerprint density at radius 1 is 1.35 bits per heavy atom. The highest BCUT2D eigenvalue weighted by atomic mass is 16.5.